The maximum Gasteiger partial charge on any atom is 0.318 e. The molecular weight excluding hydrogens is 360 g/mol. The van der Waals surface area contributed by atoms with E-state index in [0.717, 1.165) is 17.8 Å². The topological polar surface area (TPSA) is 157 Å². The number of ether oxygens (including phenoxy) is 1. The van der Waals surface area contributed by atoms with E-state index in [-0.39, 0.29) is 12.2 Å². The Balaban J connectivity index is 2.05. The second-order valence-electron chi connectivity index (χ2n) is 5.32. The lowest BCUT2D eigenvalue weighted by Crippen LogP contribution is -2.24. The summed E-state index contributed by atoms with van der Waals surface area (Å²) in [6.45, 7) is 1.52. The number of hydrogen-bond acceptors (Lipinski definition) is 8. The van der Waals surface area contributed by atoms with Gasteiger partial charge in [0.1, 0.15) is 5.75 Å². The molecule has 2 aromatic carbocycles. The molecule has 0 aliphatic carbocycles. The summed E-state index contributed by atoms with van der Waals surface area (Å²) >= 11 is 0. The fourth-order valence-electron chi connectivity index (χ4n) is 2.03. The monoisotopic (exact) mass is 374 g/mol. The van der Waals surface area contributed by atoms with Crippen LogP contribution in [0, 0.1) is 27.2 Å². The minimum atomic E-state index is -0.964. The van der Waals surface area contributed by atoms with Gasteiger partial charge in [0.2, 0.25) is 5.75 Å². The lowest BCUT2D eigenvalue weighted by Gasteiger charge is -2.05. The van der Waals surface area contributed by atoms with Gasteiger partial charge in [0.25, 0.3) is 11.6 Å². The Kier molecular flexibility index (Phi) is 5.99. The molecule has 0 atom stereocenters. The molecule has 0 aromatic heterocycles. The fourth-order valence-corrected chi connectivity index (χ4v) is 2.03. The number of aryl methyl sites for hydroxylation is 1. The average Bonchev–Trinajstić information content (AvgIpc) is 2.61. The Labute approximate surface area is 152 Å². The first-order chi connectivity index (χ1) is 12.8. The standard InChI is InChI=1S/C16H14N4O7/c1-10-3-2-4-13(5-10)27-9-15(21)18-17-8-11-6-12(19(23)24)7-14(16(11)22)20(25)26/h2-8,22H,9H2,1H3,(H,18,21)/b17-8-. The van der Waals surface area contributed by atoms with Crippen LogP contribution in [0.3, 0.4) is 0 Å². The van der Waals surface area contributed by atoms with Gasteiger partial charge < -0.3 is 9.84 Å². The van der Waals surface area contributed by atoms with Crippen LogP contribution in [0.2, 0.25) is 0 Å². The summed E-state index contributed by atoms with van der Waals surface area (Å²) in [4.78, 5) is 31.6. The highest BCUT2D eigenvalue weighted by Gasteiger charge is 2.23. The van der Waals surface area contributed by atoms with Gasteiger partial charge in [-0.2, -0.15) is 5.10 Å². The van der Waals surface area contributed by atoms with Crippen LogP contribution >= 0.6 is 0 Å². The molecule has 27 heavy (non-hydrogen) atoms. The third-order valence-electron chi connectivity index (χ3n) is 3.26. The number of hydrazone groups is 1. The van der Waals surface area contributed by atoms with E-state index >= 15 is 0 Å². The zero-order chi connectivity index (χ0) is 20.0. The summed E-state index contributed by atoms with van der Waals surface area (Å²) in [5.74, 6) is -0.951. The summed E-state index contributed by atoms with van der Waals surface area (Å²) in [6.07, 6.45) is 0.861. The fraction of sp³-hybridized carbons (Fsp3) is 0.125. The number of amides is 1. The van der Waals surface area contributed by atoms with Crippen LogP contribution in [0.5, 0.6) is 11.5 Å². The number of carbonyl (C=O) groups excluding carboxylic acids is 1. The van der Waals surface area contributed by atoms with E-state index in [2.05, 4.69) is 10.5 Å². The highest BCUT2D eigenvalue weighted by atomic mass is 16.6. The Hall–Kier alpha value is -4.02. The summed E-state index contributed by atoms with van der Waals surface area (Å²) in [5, 5.41) is 35.0. The minimum Gasteiger partial charge on any atom is -0.502 e. The van der Waals surface area contributed by atoms with Crippen molar-refractivity contribution < 1.29 is 24.5 Å². The van der Waals surface area contributed by atoms with Crippen molar-refractivity contribution in [1.29, 1.82) is 0 Å². The minimum absolute atomic E-state index is 0.296. The van der Waals surface area contributed by atoms with Crippen LogP contribution in [0.4, 0.5) is 11.4 Å². The molecule has 0 aliphatic rings. The van der Waals surface area contributed by atoms with Gasteiger partial charge in [-0.05, 0) is 24.6 Å². The molecule has 0 bridgehead atoms. The number of benzene rings is 2. The summed E-state index contributed by atoms with van der Waals surface area (Å²) < 4.78 is 5.26. The van der Waals surface area contributed by atoms with Crippen molar-refractivity contribution in [2.75, 3.05) is 6.61 Å². The maximum atomic E-state index is 11.7. The number of nitrogens with zero attached hydrogens (tertiary/aromatic N) is 3. The molecule has 0 fully saturated rings. The smallest absolute Gasteiger partial charge is 0.318 e. The zero-order valence-corrected chi connectivity index (χ0v) is 14.0. The Morgan fingerprint density at radius 2 is 2.00 bits per heavy atom. The van der Waals surface area contributed by atoms with E-state index in [1.807, 2.05) is 13.0 Å². The number of nitro benzene ring substituents is 2. The summed E-state index contributed by atoms with van der Waals surface area (Å²) in [7, 11) is 0. The van der Waals surface area contributed by atoms with Gasteiger partial charge in [0, 0.05) is 6.07 Å². The largest absolute Gasteiger partial charge is 0.502 e. The van der Waals surface area contributed by atoms with Crippen molar-refractivity contribution in [3.63, 3.8) is 0 Å². The molecule has 0 aliphatic heterocycles. The average molecular weight is 374 g/mol. The molecule has 2 aromatic rings. The molecule has 0 heterocycles. The normalized spacial score (nSPS) is 10.6. The van der Waals surface area contributed by atoms with Crippen LogP contribution in [-0.4, -0.2) is 33.7 Å². The van der Waals surface area contributed by atoms with Crippen LogP contribution in [0.1, 0.15) is 11.1 Å². The quantitative estimate of drug-likeness (QED) is 0.426. The third kappa shape index (κ3) is 5.22. The first-order valence-electron chi connectivity index (χ1n) is 7.45. The second-order valence-corrected chi connectivity index (χ2v) is 5.32. The molecule has 0 saturated carbocycles. The number of carbonyl (C=O) groups is 1. The van der Waals surface area contributed by atoms with Crippen LogP contribution in [0.15, 0.2) is 41.5 Å². The third-order valence-corrected chi connectivity index (χ3v) is 3.26. The maximum absolute atomic E-state index is 11.7. The van der Waals surface area contributed by atoms with Gasteiger partial charge in [0.15, 0.2) is 6.61 Å². The molecule has 1 amide bonds. The van der Waals surface area contributed by atoms with E-state index in [9.17, 15) is 30.1 Å². The number of rotatable bonds is 7. The van der Waals surface area contributed by atoms with Crippen molar-refractivity contribution in [2.45, 2.75) is 6.92 Å². The van der Waals surface area contributed by atoms with Crippen LogP contribution in [0.25, 0.3) is 0 Å². The number of nitro groups is 2. The molecule has 0 unspecified atom stereocenters. The van der Waals surface area contributed by atoms with Gasteiger partial charge in [0.05, 0.1) is 27.7 Å². The zero-order valence-electron chi connectivity index (χ0n) is 14.0. The SMILES string of the molecule is Cc1cccc(OCC(=O)N/N=C\c2cc([N+](=O)[O-])cc([N+](=O)[O-])c2O)c1. The highest BCUT2D eigenvalue weighted by Crippen LogP contribution is 2.33. The number of aromatic hydroxyl groups is 1. The number of phenolic OH excluding ortho intramolecular Hbond substituents is 1. The Morgan fingerprint density at radius 3 is 2.63 bits per heavy atom. The summed E-state index contributed by atoms with van der Waals surface area (Å²) in [5.41, 5.74) is 1.30. The molecule has 11 nitrogen and oxygen atoms in total. The molecule has 11 heteroatoms. The summed E-state index contributed by atoms with van der Waals surface area (Å²) in [6, 6.07) is 8.55. The van der Waals surface area contributed by atoms with E-state index in [1.54, 1.807) is 18.2 Å². The molecule has 0 radical (unpaired) electrons. The van der Waals surface area contributed by atoms with E-state index in [0.29, 0.717) is 11.8 Å². The van der Waals surface area contributed by atoms with Gasteiger partial charge in [-0.3, -0.25) is 25.0 Å². The number of phenols is 1. The van der Waals surface area contributed by atoms with E-state index in [1.165, 1.54) is 0 Å². The molecule has 0 saturated heterocycles. The number of hydrogen-bond donors (Lipinski definition) is 2. The lowest BCUT2D eigenvalue weighted by atomic mass is 10.1. The Morgan fingerprint density at radius 1 is 1.26 bits per heavy atom. The first kappa shape index (κ1) is 19.3. The van der Waals surface area contributed by atoms with Gasteiger partial charge in [-0.15, -0.1) is 0 Å². The van der Waals surface area contributed by atoms with Crippen molar-refractivity contribution >= 4 is 23.5 Å². The van der Waals surface area contributed by atoms with Crippen molar-refractivity contribution in [3.05, 3.63) is 67.8 Å². The molecular formula is C16H14N4O7. The Bertz CT molecular complexity index is 927. The molecule has 140 valence electrons. The molecule has 2 rings (SSSR count). The highest BCUT2D eigenvalue weighted by molar-refractivity contribution is 5.88. The van der Waals surface area contributed by atoms with E-state index < -0.39 is 32.9 Å². The lowest BCUT2D eigenvalue weighted by molar-refractivity contribution is -0.394. The predicted molar refractivity (Wildman–Crippen MR) is 93.8 cm³/mol. The van der Waals surface area contributed by atoms with Crippen LogP contribution in [-0.2, 0) is 4.79 Å². The first-order valence-corrected chi connectivity index (χ1v) is 7.45. The second kappa shape index (κ2) is 8.38. The predicted octanol–water partition coefficient (Wildman–Crippen LogP) is 2.05. The van der Waals surface area contributed by atoms with Gasteiger partial charge in [-0.25, -0.2) is 5.43 Å². The van der Waals surface area contributed by atoms with Gasteiger partial charge >= 0.3 is 5.69 Å². The van der Waals surface area contributed by atoms with Crippen molar-refractivity contribution in [2.24, 2.45) is 5.10 Å². The van der Waals surface area contributed by atoms with Crippen LogP contribution < -0.4 is 10.2 Å². The van der Waals surface area contributed by atoms with E-state index in [4.69, 9.17) is 4.74 Å². The van der Waals surface area contributed by atoms with Crippen molar-refractivity contribution in [1.82, 2.24) is 5.43 Å². The molecule has 0 spiro atoms. The number of nitrogens with one attached hydrogen (secondary N) is 1. The van der Waals surface area contributed by atoms with Gasteiger partial charge in [-0.1, -0.05) is 12.1 Å². The number of non-ortho nitro benzene ring substituents is 1. The van der Waals surface area contributed by atoms with Crippen molar-refractivity contribution in [3.8, 4) is 11.5 Å². The molecule has 2 N–H and O–H groups in total.